The molecule has 0 unspecified atom stereocenters. The number of ether oxygens (including phenoxy) is 1. The Labute approximate surface area is 130 Å². The molecule has 0 aliphatic heterocycles. The lowest BCUT2D eigenvalue weighted by Gasteiger charge is -2.21. The molecule has 0 heterocycles. The molecule has 0 spiro atoms. The smallest absolute Gasteiger partial charge is 0.408 e. The summed E-state index contributed by atoms with van der Waals surface area (Å²) >= 11 is 0. The van der Waals surface area contributed by atoms with Gasteiger partial charge >= 0.3 is 6.09 Å². The molecule has 0 fully saturated rings. The molecule has 122 valence electrons. The number of benzene rings is 1. The number of hydrogen-bond donors (Lipinski definition) is 1. The Bertz CT molecular complexity index is 632. The second-order valence-corrected chi connectivity index (χ2v) is 7.90. The molecule has 22 heavy (non-hydrogen) atoms. The van der Waals surface area contributed by atoms with Crippen LogP contribution in [0.15, 0.2) is 35.2 Å². The van der Waals surface area contributed by atoms with Gasteiger partial charge in [0.25, 0.3) is 0 Å². The van der Waals surface area contributed by atoms with Gasteiger partial charge < -0.3 is 10.1 Å². The van der Waals surface area contributed by atoms with Gasteiger partial charge in [-0.3, -0.25) is 4.79 Å². The van der Waals surface area contributed by atoms with Crippen LogP contribution in [-0.4, -0.2) is 37.7 Å². The predicted molar refractivity (Wildman–Crippen MR) is 82.3 cm³/mol. The number of alkyl carbamates (subject to hydrolysis) is 1. The maximum absolute atomic E-state index is 12.1. The molecule has 1 rings (SSSR count). The fraction of sp³-hybridized carbons (Fsp3) is 0.467. The van der Waals surface area contributed by atoms with Crippen LogP contribution in [0.4, 0.5) is 4.79 Å². The van der Waals surface area contributed by atoms with Crippen molar-refractivity contribution >= 4 is 21.7 Å². The first kappa shape index (κ1) is 18.2. The molecule has 0 saturated heterocycles. The van der Waals surface area contributed by atoms with E-state index in [9.17, 15) is 18.0 Å². The Hall–Kier alpha value is -1.89. The predicted octanol–water partition coefficient (Wildman–Crippen LogP) is 1.94. The second-order valence-electron chi connectivity index (χ2n) is 5.91. The van der Waals surface area contributed by atoms with Gasteiger partial charge in [-0.2, -0.15) is 0 Å². The number of rotatable bonds is 5. The number of sulfone groups is 1. The molecule has 7 heteroatoms. The van der Waals surface area contributed by atoms with E-state index >= 15 is 0 Å². The van der Waals surface area contributed by atoms with Gasteiger partial charge in [-0.15, -0.1) is 0 Å². The van der Waals surface area contributed by atoms with E-state index in [0.29, 0.717) is 0 Å². The Balaban J connectivity index is 2.67. The van der Waals surface area contributed by atoms with Gasteiger partial charge in [0.1, 0.15) is 11.4 Å². The van der Waals surface area contributed by atoms with Crippen LogP contribution < -0.4 is 5.32 Å². The van der Waals surface area contributed by atoms with Gasteiger partial charge in [0.2, 0.25) is 0 Å². The van der Waals surface area contributed by atoms with E-state index < -0.39 is 39.1 Å². The number of carbonyl (C=O) groups excluding carboxylic acids is 2. The first-order chi connectivity index (χ1) is 10.0. The van der Waals surface area contributed by atoms with Crippen LogP contribution in [0.25, 0.3) is 0 Å². The van der Waals surface area contributed by atoms with E-state index in [1.54, 1.807) is 39.0 Å². The van der Waals surface area contributed by atoms with Crippen molar-refractivity contribution in [2.45, 2.75) is 44.2 Å². The number of Topliss-reactive ketones (excluding diaryl/α,β-unsaturated/α-hetero) is 1. The minimum atomic E-state index is -3.72. The lowest BCUT2D eigenvalue weighted by Crippen LogP contribution is -2.43. The maximum Gasteiger partial charge on any atom is 0.408 e. The van der Waals surface area contributed by atoms with E-state index in [2.05, 4.69) is 5.32 Å². The van der Waals surface area contributed by atoms with Gasteiger partial charge in [0.15, 0.2) is 15.6 Å². The Morgan fingerprint density at radius 1 is 1.18 bits per heavy atom. The van der Waals surface area contributed by atoms with Gasteiger partial charge in [-0.05, 0) is 39.8 Å². The normalized spacial score (nSPS) is 13.3. The Morgan fingerprint density at radius 2 is 1.73 bits per heavy atom. The average molecular weight is 327 g/mol. The van der Waals surface area contributed by atoms with Crippen LogP contribution in [0.5, 0.6) is 0 Å². The van der Waals surface area contributed by atoms with Gasteiger partial charge in [0.05, 0.1) is 10.9 Å². The van der Waals surface area contributed by atoms with E-state index in [0.717, 1.165) is 0 Å². The molecule has 6 nitrogen and oxygen atoms in total. The van der Waals surface area contributed by atoms with Crippen molar-refractivity contribution in [3.8, 4) is 0 Å². The fourth-order valence-corrected chi connectivity index (χ4v) is 2.95. The van der Waals surface area contributed by atoms with Crippen LogP contribution in [0.2, 0.25) is 0 Å². The minimum absolute atomic E-state index is 0.0767. The summed E-state index contributed by atoms with van der Waals surface area (Å²) in [6.07, 6.45) is -0.759. The second kappa shape index (κ2) is 6.91. The Morgan fingerprint density at radius 3 is 2.23 bits per heavy atom. The third kappa shape index (κ3) is 5.85. The average Bonchev–Trinajstić information content (AvgIpc) is 2.36. The summed E-state index contributed by atoms with van der Waals surface area (Å²) in [5.41, 5.74) is -0.692. The summed E-state index contributed by atoms with van der Waals surface area (Å²) in [5.74, 6) is -1.27. The van der Waals surface area contributed by atoms with Crippen molar-refractivity contribution in [3.63, 3.8) is 0 Å². The van der Waals surface area contributed by atoms with Crippen LogP contribution in [0.1, 0.15) is 27.7 Å². The van der Waals surface area contributed by atoms with E-state index in [4.69, 9.17) is 4.74 Å². The summed E-state index contributed by atoms with van der Waals surface area (Å²) in [7, 11) is -3.72. The SMILES string of the molecule is C[C@H](NC(=O)OC(C)(C)C)C(=O)CS(=O)(=O)c1ccccc1. The molecule has 0 aromatic heterocycles. The first-order valence-electron chi connectivity index (χ1n) is 6.81. The van der Waals surface area contributed by atoms with Crippen molar-refractivity contribution in [2.75, 3.05) is 5.75 Å². The number of nitrogens with one attached hydrogen (secondary N) is 1. The summed E-state index contributed by atoms with van der Waals surface area (Å²) in [4.78, 5) is 23.6. The highest BCUT2D eigenvalue weighted by molar-refractivity contribution is 7.92. The zero-order valence-corrected chi connectivity index (χ0v) is 13.9. The van der Waals surface area contributed by atoms with Crippen LogP contribution in [0, 0.1) is 0 Å². The molecule has 1 aromatic rings. The molecule has 0 bridgehead atoms. The third-order valence-corrected chi connectivity index (χ3v) is 4.31. The summed E-state index contributed by atoms with van der Waals surface area (Å²) in [6, 6.07) is 6.75. The number of hydrogen-bond acceptors (Lipinski definition) is 5. The van der Waals surface area contributed by atoms with Crippen LogP contribution >= 0.6 is 0 Å². The number of ketones is 1. The van der Waals surface area contributed by atoms with Gasteiger partial charge in [0, 0.05) is 0 Å². The van der Waals surface area contributed by atoms with Crippen molar-refractivity contribution in [1.82, 2.24) is 5.32 Å². The lowest BCUT2D eigenvalue weighted by atomic mass is 10.2. The molecule has 1 aromatic carbocycles. The monoisotopic (exact) mass is 327 g/mol. The Kier molecular flexibility index (Phi) is 5.71. The minimum Gasteiger partial charge on any atom is -0.444 e. The van der Waals surface area contributed by atoms with E-state index in [-0.39, 0.29) is 4.90 Å². The highest BCUT2D eigenvalue weighted by Crippen LogP contribution is 2.11. The van der Waals surface area contributed by atoms with E-state index in [1.807, 2.05) is 0 Å². The molecular weight excluding hydrogens is 306 g/mol. The van der Waals surface area contributed by atoms with Crippen LogP contribution in [-0.2, 0) is 19.4 Å². The topological polar surface area (TPSA) is 89.5 Å². The molecular formula is C15H21NO5S. The molecule has 1 N–H and O–H groups in total. The largest absolute Gasteiger partial charge is 0.444 e. The highest BCUT2D eigenvalue weighted by Gasteiger charge is 2.25. The lowest BCUT2D eigenvalue weighted by molar-refractivity contribution is -0.118. The van der Waals surface area contributed by atoms with Gasteiger partial charge in [-0.1, -0.05) is 18.2 Å². The molecule has 0 radical (unpaired) electrons. The highest BCUT2D eigenvalue weighted by atomic mass is 32.2. The molecule has 0 saturated carbocycles. The van der Waals surface area contributed by atoms with Crippen molar-refractivity contribution in [3.05, 3.63) is 30.3 Å². The molecule has 0 aliphatic rings. The summed E-state index contributed by atoms with van der Waals surface area (Å²) < 4.78 is 29.2. The fourth-order valence-electron chi connectivity index (χ4n) is 1.59. The zero-order chi connectivity index (χ0) is 17.0. The van der Waals surface area contributed by atoms with Gasteiger partial charge in [-0.25, -0.2) is 13.2 Å². The molecule has 1 atom stereocenters. The first-order valence-corrected chi connectivity index (χ1v) is 8.46. The van der Waals surface area contributed by atoms with Crippen molar-refractivity contribution in [1.29, 1.82) is 0 Å². The molecule has 0 aliphatic carbocycles. The zero-order valence-electron chi connectivity index (χ0n) is 13.1. The van der Waals surface area contributed by atoms with Crippen molar-refractivity contribution < 1.29 is 22.7 Å². The maximum atomic E-state index is 12.1. The standard InChI is InChI=1S/C15H21NO5S/c1-11(16-14(18)21-15(2,3)4)13(17)10-22(19,20)12-8-6-5-7-9-12/h5-9,11H,10H2,1-4H3,(H,16,18)/t11-/m0/s1. The number of carbonyl (C=O) groups is 2. The molecule has 1 amide bonds. The van der Waals surface area contributed by atoms with E-state index in [1.165, 1.54) is 19.1 Å². The summed E-state index contributed by atoms with van der Waals surface area (Å²) in [6.45, 7) is 6.50. The summed E-state index contributed by atoms with van der Waals surface area (Å²) in [5, 5.41) is 2.34. The number of amides is 1. The van der Waals surface area contributed by atoms with Crippen LogP contribution in [0.3, 0.4) is 0 Å². The van der Waals surface area contributed by atoms with Crippen molar-refractivity contribution in [2.24, 2.45) is 0 Å². The third-order valence-electron chi connectivity index (χ3n) is 2.65. The quantitative estimate of drug-likeness (QED) is 0.892.